The normalized spacial score (nSPS) is 25.6. The number of hydrogen-bond donors (Lipinski definition) is 2. The van der Waals surface area contributed by atoms with Crippen molar-refractivity contribution in [1.29, 1.82) is 0 Å². The highest BCUT2D eigenvalue weighted by Gasteiger charge is 2.33. The lowest BCUT2D eigenvalue weighted by atomic mass is 9.71. The van der Waals surface area contributed by atoms with E-state index < -0.39 is 0 Å². The van der Waals surface area contributed by atoms with Gasteiger partial charge in [-0.15, -0.1) is 12.4 Å². The van der Waals surface area contributed by atoms with Gasteiger partial charge in [-0.05, 0) is 43.6 Å². The summed E-state index contributed by atoms with van der Waals surface area (Å²) in [5, 5.41) is 3.08. The second-order valence-electron chi connectivity index (χ2n) is 6.33. The van der Waals surface area contributed by atoms with Crippen LogP contribution in [-0.2, 0) is 9.53 Å². The fraction of sp³-hybridized carbons (Fsp3) is 0.933. The van der Waals surface area contributed by atoms with E-state index in [1.165, 1.54) is 25.7 Å². The van der Waals surface area contributed by atoms with Gasteiger partial charge in [0.1, 0.15) is 0 Å². The molecule has 0 radical (unpaired) electrons. The summed E-state index contributed by atoms with van der Waals surface area (Å²) < 4.78 is 5.43. The van der Waals surface area contributed by atoms with Crippen LogP contribution >= 0.6 is 12.4 Å². The van der Waals surface area contributed by atoms with Crippen molar-refractivity contribution in [3.63, 3.8) is 0 Å². The maximum Gasteiger partial charge on any atom is 0.220 e. The van der Waals surface area contributed by atoms with Crippen molar-refractivity contribution in [3.05, 3.63) is 0 Å². The van der Waals surface area contributed by atoms with Gasteiger partial charge in [0, 0.05) is 19.6 Å². The second kappa shape index (κ2) is 8.85. The molecule has 1 aliphatic heterocycles. The number of carbonyl (C=O) groups is 1. The Morgan fingerprint density at radius 2 is 2.00 bits per heavy atom. The summed E-state index contributed by atoms with van der Waals surface area (Å²) >= 11 is 0. The van der Waals surface area contributed by atoms with Crippen LogP contribution < -0.4 is 11.1 Å². The minimum Gasteiger partial charge on any atom is -0.381 e. The minimum atomic E-state index is 0. The zero-order valence-electron chi connectivity index (χ0n) is 12.4. The molecular weight excluding hydrogens is 276 g/mol. The van der Waals surface area contributed by atoms with Crippen LogP contribution in [0, 0.1) is 11.3 Å². The fourth-order valence-corrected chi connectivity index (χ4v) is 3.38. The third-order valence-corrected chi connectivity index (χ3v) is 4.73. The molecule has 5 heteroatoms. The molecule has 1 unspecified atom stereocenters. The lowest BCUT2D eigenvalue weighted by Gasteiger charge is -2.35. The number of hydrogen-bond acceptors (Lipinski definition) is 3. The quantitative estimate of drug-likeness (QED) is 0.819. The minimum absolute atomic E-state index is 0. The average Bonchev–Trinajstić information content (AvgIpc) is 2.47. The smallest absolute Gasteiger partial charge is 0.220 e. The maximum absolute atomic E-state index is 12.1. The maximum atomic E-state index is 12.1. The molecule has 0 aromatic carbocycles. The number of amides is 1. The zero-order chi connectivity index (χ0) is 13.6. The van der Waals surface area contributed by atoms with E-state index in [0.717, 1.165) is 39.0 Å². The van der Waals surface area contributed by atoms with E-state index in [4.69, 9.17) is 10.5 Å². The number of ether oxygens (including phenoxy) is 1. The van der Waals surface area contributed by atoms with Crippen LogP contribution in [0.5, 0.6) is 0 Å². The average molecular weight is 305 g/mol. The summed E-state index contributed by atoms with van der Waals surface area (Å²) in [6, 6.07) is 0. The second-order valence-corrected chi connectivity index (χ2v) is 6.33. The molecule has 1 amide bonds. The van der Waals surface area contributed by atoms with Crippen LogP contribution in [0.2, 0.25) is 0 Å². The van der Waals surface area contributed by atoms with Gasteiger partial charge >= 0.3 is 0 Å². The molecule has 0 aromatic heterocycles. The van der Waals surface area contributed by atoms with Crippen LogP contribution in [0.25, 0.3) is 0 Å². The van der Waals surface area contributed by atoms with Crippen LogP contribution in [0.15, 0.2) is 0 Å². The SMILES string of the molecule is Cl.NCC1(CC(=O)NCC2CCCOC2)CCCCC1. The Hall–Kier alpha value is -0.320. The first-order valence-corrected chi connectivity index (χ1v) is 7.79. The standard InChI is InChI=1S/C15H28N2O2.ClH/c16-12-15(6-2-1-3-7-15)9-14(18)17-10-13-5-4-8-19-11-13;/h13H,1-12,16H2,(H,17,18);1H. The van der Waals surface area contributed by atoms with Gasteiger partial charge in [-0.25, -0.2) is 0 Å². The Balaban J connectivity index is 0.00000200. The van der Waals surface area contributed by atoms with Gasteiger partial charge < -0.3 is 15.8 Å². The third-order valence-electron chi connectivity index (χ3n) is 4.73. The molecule has 118 valence electrons. The third kappa shape index (κ3) is 5.23. The molecule has 0 spiro atoms. The van der Waals surface area contributed by atoms with E-state index in [1.807, 2.05) is 0 Å². The van der Waals surface area contributed by atoms with Crippen molar-refractivity contribution in [2.45, 2.75) is 51.4 Å². The molecule has 0 bridgehead atoms. The predicted molar refractivity (Wildman–Crippen MR) is 83.0 cm³/mol. The van der Waals surface area contributed by atoms with Crippen molar-refractivity contribution in [3.8, 4) is 0 Å². The van der Waals surface area contributed by atoms with Crippen LogP contribution in [0.3, 0.4) is 0 Å². The molecule has 2 fully saturated rings. The van der Waals surface area contributed by atoms with Crippen molar-refractivity contribution >= 4 is 18.3 Å². The topological polar surface area (TPSA) is 64.4 Å². The molecule has 1 heterocycles. The Bertz CT molecular complexity index is 288. The van der Waals surface area contributed by atoms with Crippen LogP contribution in [0.1, 0.15) is 51.4 Å². The summed E-state index contributed by atoms with van der Waals surface area (Å²) in [4.78, 5) is 12.1. The fourth-order valence-electron chi connectivity index (χ4n) is 3.38. The molecule has 2 aliphatic rings. The first-order chi connectivity index (χ1) is 9.24. The summed E-state index contributed by atoms with van der Waals surface area (Å²) in [6.45, 7) is 3.08. The van der Waals surface area contributed by atoms with Gasteiger partial charge in [0.15, 0.2) is 0 Å². The molecular formula is C15H29ClN2O2. The number of carbonyl (C=O) groups excluding carboxylic acids is 1. The highest BCUT2D eigenvalue weighted by atomic mass is 35.5. The van der Waals surface area contributed by atoms with E-state index in [0.29, 0.717) is 18.9 Å². The zero-order valence-corrected chi connectivity index (χ0v) is 13.2. The van der Waals surface area contributed by atoms with E-state index in [-0.39, 0.29) is 23.7 Å². The van der Waals surface area contributed by atoms with Gasteiger partial charge in [-0.2, -0.15) is 0 Å². The lowest BCUT2D eigenvalue weighted by Crippen LogP contribution is -2.40. The molecule has 1 atom stereocenters. The molecule has 20 heavy (non-hydrogen) atoms. The highest BCUT2D eigenvalue weighted by Crippen LogP contribution is 2.38. The molecule has 2 rings (SSSR count). The monoisotopic (exact) mass is 304 g/mol. The Morgan fingerprint density at radius 1 is 1.25 bits per heavy atom. The van der Waals surface area contributed by atoms with Crippen molar-refractivity contribution in [1.82, 2.24) is 5.32 Å². The predicted octanol–water partition coefficient (Wildman–Crippen LogP) is 2.25. The lowest BCUT2D eigenvalue weighted by molar-refractivity contribution is -0.124. The van der Waals surface area contributed by atoms with E-state index >= 15 is 0 Å². The van der Waals surface area contributed by atoms with E-state index in [1.54, 1.807) is 0 Å². The van der Waals surface area contributed by atoms with Crippen molar-refractivity contribution in [2.24, 2.45) is 17.1 Å². The van der Waals surface area contributed by atoms with Crippen molar-refractivity contribution in [2.75, 3.05) is 26.3 Å². The van der Waals surface area contributed by atoms with Gasteiger partial charge in [0.05, 0.1) is 6.61 Å². The van der Waals surface area contributed by atoms with Gasteiger partial charge in [0.2, 0.25) is 5.91 Å². The number of nitrogens with two attached hydrogens (primary N) is 1. The van der Waals surface area contributed by atoms with Gasteiger partial charge in [-0.1, -0.05) is 19.3 Å². The highest BCUT2D eigenvalue weighted by molar-refractivity contribution is 5.85. The Labute approximate surface area is 128 Å². The summed E-state index contributed by atoms with van der Waals surface area (Å²) in [6.07, 6.45) is 8.87. The molecule has 3 N–H and O–H groups in total. The van der Waals surface area contributed by atoms with Gasteiger partial charge in [-0.3, -0.25) is 4.79 Å². The summed E-state index contributed by atoms with van der Waals surface area (Å²) in [5.74, 6) is 0.677. The Morgan fingerprint density at radius 3 is 2.60 bits per heavy atom. The number of nitrogens with one attached hydrogen (secondary N) is 1. The summed E-state index contributed by atoms with van der Waals surface area (Å²) in [7, 11) is 0. The van der Waals surface area contributed by atoms with Crippen LogP contribution in [0.4, 0.5) is 0 Å². The van der Waals surface area contributed by atoms with Crippen molar-refractivity contribution < 1.29 is 9.53 Å². The van der Waals surface area contributed by atoms with Crippen LogP contribution in [-0.4, -0.2) is 32.2 Å². The molecule has 0 aromatic rings. The summed E-state index contributed by atoms with van der Waals surface area (Å²) in [5.41, 5.74) is 6.00. The van der Waals surface area contributed by atoms with E-state index in [9.17, 15) is 4.79 Å². The largest absolute Gasteiger partial charge is 0.381 e. The molecule has 4 nitrogen and oxygen atoms in total. The molecule has 1 saturated carbocycles. The first-order valence-electron chi connectivity index (χ1n) is 7.79. The molecule has 1 saturated heterocycles. The van der Waals surface area contributed by atoms with Gasteiger partial charge in [0.25, 0.3) is 0 Å². The number of halogens is 1. The molecule has 1 aliphatic carbocycles. The number of rotatable bonds is 5. The van der Waals surface area contributed by atoms with E-state index in [2.05, 4.69) is 5.32 Å². The Kier molecular flexibility index (Phi) is 7.85. The first kappa shape index (κ1) is 17.7.